The van der Waals surface area contributed by atoms with Crippen LogP contribution in [0, 0.1) is 12.3 Å². The Hall–Kier alpha value is -1.46. The summed E-state index contributed by atoms with van der Waals surface area (Å²) in [7, 11) is 0. The summed E-state index contributed by atoms with van der Waals surface area (Å²) in [5.41, 5.74) is 1.23. The number of nitrogens with one attached hydrogen (secondary N) is 1. The Bertz CT molecular complexity index is 367. The van der Waals surface area contributed by atoms with Gasteiger partial charge in [0.2, 0.25) is 0 Å². The second-order valence-corrected chi connectivity index (χ2v) is 3.97. The lowest BCUT2D eigenvalue weighted by Crippen LogP contribution is -2.27. The molecule has 2 nitrogen and oxygen atoms in total. The van der Waals surface area contributed by atoms with Crippen LogP contribution in [0.4, 0.5) is 0 Å². The van der Waals surface area contributed by atoms with E-state index < -0.39 is 0 Å². The molecule has 0 saturated carbocycles. The van der Waals surface area contributed by atoms with Crippen LogP contribution >= 0.6 is 0 Å². The highest BCUT2D eigenvalue weighted by Gasteiger charge is 2.03. The molecular formula is C15H21NO. The van der Waals surface area contributed by atoms with Gasteiger partial charge in [0.15, 0.2) is 0 Å². The fourth-order valence-corrected chi connectivity index (χ4v) is 1.68. The first-order chi connectivity index (χ1) is 8.30. The van der Waals surface area contributed by atoms with Crippen molar-refractivity contribution in [2.24, 2.45) is 0 Å². The van der Waals surface area contributed by atoms with Crippen LogP contribution in [0.3, 0.4) is 0 Å². The van der Waals surface area contributed by atoms with Crippen molar-refractivity contribution in [3.63, 3.8) is 0 Å². The van der Waals surface area contributed by atoms with Crippen molar-refractivity contribution in [1.82, 2.24) is 5.32 Å². The van der Waals surface area contributed by atoms with Gasteiger partial charge in [-0.3, -0.25) is 0 Å². The minimum absolute atomic E-state index is 0.399. The number of hydrogen-bond donors (Lipinski definition) is 1. The highest BCUT2D eigenvalue weighted by atomic mass is 16.5. The average molecular weight is 231 g/mol. The summed E-state index contributed by atoms with van der Waals surface area (Å²) in [6, 6.07) is 8.56. The molecule has 1 unspecified atom stereocenters. The van der Waals surface area contributed by atoms with Crippen LogP contribution in [-0.4, -0.2) is 12.6 Å². The lowest BCUT2D eigenvalue weighted by molar-refractivity contribution is 0.339. The van der Waals surface area contributed by atoms with E-state index in [0.29, 0.717) is 12.6 Å². The summed E-state index contributed by atoms with van der Waals surface area (Å²) >= 11 is 0. The topological polar surface area (TPSA) is 21.3 Å². The maximum Gasteiger partial charge on any atom is 0.119 e. The summed E-state index contributed by atoms with van der Waals surface area (Å²) in [4.78, 5) is 0. The minimum atomic E-state index is 0.399. The number of ether oxygens (including phenoxy) is 1. The van der Waals surface area contributed by atoms with Gasteiger partial charge in [0, 0.05) is 19.0 Å². The van der Waals surface area contributed by atoms with Gasteiger partial charge in [-0.25, -0.2) is 0 Å². The van der Waals surface area contributed by atoms with Crippen molar-refractivity contribution in [1.29, 1.82) is 0 Å². The first kappa shape index (κ1) is 13.6. The quantitative estimate of drug-likeness (QED) is 0.728. The zero-order valence-corrected chi connectivity index (χ0v) is 10.7. The first-order valence-corrected chi connectivity index (χ1v) is 6.18. The van der Waals surface area contributed by atoms with Gasteiger partial charge < -0.3 is 10.1 Å². The van der Waals surface area contributed by atoms with Crippen molar-refractivity contribution >= 4 is 0 Å². The molecule has 0 heterocycles. The number of terminal acetylenes is 1. The van der Waals surface area contributed by atoms with E-state index >= 15 is 0 Å². The molecule has 1 aromatic rings. The van der Waals surface area contributed by atoms with Gasteiger partial charge in [-0.05, 0) is 31.0 Å². The average Bonchev–Trinajstić information content (AvgIpc) is 2.35. The molecule has 0 fully saturated rings. The smallest absolute Gasteiger partial charge is 0.119 e. The third kappa shape index (κ3) is 4.93. The Kier molecular flexibility index (Phi) is 6.21. The van der Waals surface area contributed by atoms with Gasteiger partial charge in [0.25, 0.3) is 0 Å². The van der Waals surface area contributed by atoms with Crippen LogP contribution in [-0.2, 0) is 6.54 Å². The van der Waals surface area contributed by atoms with Gasteiger partial charge in [-0.2, -0.15) is 0 Å². The zero-order valence-electron chi connectivity index (χ0n) is 10.7. The van der Waals surface area contributed by atoms with Gasteiger partial charge in [0.05, 0.1) is 6.61 Å². The Balaban J connectivity index is 2.50. The van der Waals surface area contributed by atoms with Crippen LogP contribution in [0.5, 0.6) is 5.75 Å². The maximum absolute atomic E-state index is 5.47. The van der Waals surface area contributed by atoms with E-state index in [1.54, 1.807) is 0 Å². The minimum Gasteiger partial charge on any atom is -0.494 e. The maximum atomic E-state index is 5.47. The third-order valence-corrected chi connectivity index (χ3v) is 2.66. The van der Waals surface area contributed by atoms with Gasteiger partial charge in [-0.15, -0.1) is 12.3 Å². The fraction of sp³-hybridized carbons (Fsp3) is 0.467. The summed E-state index contributed by atoms with van der Waals surface area (Å²) in [6.45, 7) is 5.67. The monoisotopic (exact) mass is 231 g/mol. The molecule has 1 N–H and O–H groups in total. The number of hydrogen-bond acceptors (Lipinski definition) is 2. The Morgan fingerprint density at radius 2 is 2.24 bits per heavy atom. The molecule has 17 heavy (non-hydrogen) atoms. The largest absolute Gasteiger partial charge is 0.494 e. The Morgan fingerprint density at radius 3 is 2.88 bits per heavy atom. The van der Waals surface area contributed by atoms with E-state index in [1.807, 2.05) is 19.1 Å². The molecule has 0 amide bonds. The molecule has 2 heteroatoms. The van der Waals surface area contributed by atoms with Crippen molar-refractivity contribution in [3.8, 4) is 18.1 Å². The lowest BCUT2D eigenvalue weighted by atomic mass is 10.1. The molecule has 0 saturated heterocycles. The predicted octanol–water partition coefficient (Wildman–Crippen LogP) is 2.98. The summed E-state index contributed by atoms with van der Waals surface area (Å²) in [5.74, 6) is 3.63. The normalized spacial score (nSPS) is 11.8. The van der Waals surface area contributed by atoms with E-state index in [0.717, 1.165) is 25.1 Å². The molecule has 0 aliphatic heterocycles. The third-order valence-electron chi connectivity index (χ3n) is 2.66. The van der Waals surface area contributed by atoms with Crippen LogP contribution < -0.4 is 10.1 Å². The Labute approximate surface area is 104 Å². The summed E-state index contributed by atoms with van der Waals surface area (Å²) < 4.78 is 5.47. The molecule has 0 aliphatic carbocycles. The molecule has 0 aromatic heterocycles. The van der Waals surface area contributed by atoms with Crippen molar-refractivity contribution in [2.75, 3.05) is 6.61 Å². The highest BCUT2D eigenvalue weighted by Crippen LogP contribution is 2.13. The molecule has 1 rings (SSSR count). The summed E-state index contributed by atoms with van der Waals surface area (Å²) in [6.07, 6.45) is 7.16. The van der Waals surface area contributed by atoms with Crippen LogP contribution in [0.25, 0.3) is 0 Å². The number of benzene rings is 1. The van der Waals surface area contributed by atoms with Gasteiger partial charge >= 0.3 is 0 Å². The highest BCUT2D eigenvalue weighted by molar-refractivity contribution is 5.28. The molecule has 0 spiro atoms. The molecule has 0 radical (unpaired) electrons. The zero-order chi connectivity index (χ0) is 12.5. The SMILES string of the molecule is C#CCC(CC)NCc1cccc(OCC)c1. The number of rotatable bonds is 7. The van der Waals surface area contributed by atoms with Crippen molar-refractivity contribution in [2.45, 2.75) is 39.3 Å². The first-order valence-electron chi connectivity index (χ1n) is 6.18. The van der Waals surface area contributed by atoms with E-state index in [1.165, 1.54) is 5.56 Å². The predicted molar refractivity (Wildman–Crippen MR) is 72.0 cm³/mol. The van der Waals surface area contributed by atoms with Gasteiger partial charge in [-0.1, -0.05) is 19.1 Å². The van der Waals surface area contributed by atoms with E-state index in [4.69, 9.17) is 11.2 Å². The van der Waals surface area contributed by atoms with E-state index in [-0.39, 0.29) is 0 Å². The van der Waals surface area contributed by atoms with Gasteiger partial charge in [0.1, 0.15) is 5.75 Å². The van der Waals surface area contributed by atoms with Crippen LogP contribution in [0.1, 0.15) is 32.3 Å². The van der Waals surface area contributed by atoms with Crippen LogP contribution in [0.15, 0.2) is 24.3 Å². The Morgan fingerprint density at radius 1 is 1.41 bits per heavy atom. The lowest BCUT2D eigenvalue weighted by Gasteiger charge is -2.14. The molecular weight excluding hydrogens is 210 g/mol. The van der Waals surface area contributed by atoms with Crippen molar-refractivity contribution in [3.05, 3.63) is 29.8 Å². The molecule has 0 aliphatic rings. The molecule has 1 atom stereocenters. The fourth-order valence-electron chi connectivity index (χ4n) is 1.68. The van der Waals surface area contributed by atoms with E-state index in [9.17, 15) is 0 Å². The second kappa shape index (κ2) is 7.76. The molecule has 92 valence electrons. The molecule has 1 aromatic carbocycles. The second-order valence-electron chi connectivity index (χ2n) is 3.97. The van der Waals surface area contributed by atoms with Crippen molar-refractivity contribution < 1.29 is 4.74 Å². The summed E-state index contributed by atoms with van der Waals surface area (Å²) in [5, 5.41) is 3.46. The standard InChI is InChI=1S/C15H21NO/c1-4-8-14(5-2)16-12-13-9-7-10-15(11-13)17-6-3/h1,7,9-11,14,16H,5-6,8,12H2,2-3H3. The van der Waals surface area contributed by atoms with Crippen LogP contribution in [0.2, 0.25) is 0 Å². The molecule has 0 bridgehead atoms. The van der Waals surface area contributed by atoms with E-state index in [2.05, 4.69) is 30.3 Å².